The van der Waals surface area contributed by atoms with Gasteiger partial charge in [0.1, 0.15) is 18.0 Å². The van der Waals surface area contributed by atoms with E-state index in [1.54, 1.807) is 18.4 Å². The molecule has 2 aliphatic rings. The lowest BCUT2D eigenvalue weighted by Gasteiger charge is -2.37. The van der Waals surface area contributed by atoms with Gasteiger partial charge in [-0.25, -0.2) is 4.98 Å². The number of hydrogen-bond donors (Lipinski definition) is 1. The van der Waals surface area contributed by atoms with Gasteiger partial charge in [-0.2, -0.15) is 0 Å². The monoisotopic (exact) mass is 597 g/mol. The Morgan fingerprint density at radius 2 is 2.07 bits per heavy atom. The van der Waals surface area contributed by atoms with Gasteiger partial charge in [0, 0.05) is 37.7 Å². The molecule has 3 heterocycles. The molecule has 5 rings (SSSR count). The molecular formula is C32H40ClN3O4S. The van der Waals surface area contributed by atoms with Crippen molar-refractivity contribution in [1.29, 1.82) is 0 Å². The summed E-state index contributed by atoms with van der Waals surface area (Å²) in [5.74, 6) is 0.633. The van der Waals surface area contributed by atoms with Gasteiger partial charge in [0.05, 0.1) is 22.7 Å². The molecule has 2 aliphatic heterocycles. The molecule has 0 saturated carbocycles. The number of piperidine rings is 1. The Morgan fingerprint density at radius 1 is 1.24 bits per heavy atom. The largest absolute Gasteiger partial charge is 0.487 e. The molecule has 0 aliphatic carbocycles. The summed E-state index contributed by atoms with van der Waals surface area (Å²) in [6, 6.07) is 12.4. The number of nitrogens with zero attached hydrogens (tertiary/aromatic N) is 2. The standard InChI is InChI=1S/C32H40ClN3O4S/c1-20-16-34-13-11-22-15-21(9-10-23(20)22)18-39-29-24(7-6-8-26(29)33)27-19-41-31(35-27)36-14-12-25(28(17-36)38-5)30(37)40-32(2,3)4/h6-10,15,19-20,25,28,34H,11-14,16-18H2,1-5H3/t20-,25+,28-/m0/s1. The number of carbonyl (C=O) groups is 1. The number of thiazole rings is 1. The van der Waals surface area contributed by atoms with E-state index in [-0.39, 0.29) is 18.0 Å². The molecule has 3 aromatic rings. The minimum Gasteiger partial charge on any atom is -0.487 e. The van der Waals surface area contributed by atoms with Crippen LogP contribution in [0.4, 0.5) is 5.13 Å². The third-order valence-electron chi connectivity index (χ3n) is 7.72. The van der Waals surface area contributed by atoms with Gasteiger partial charge in [0.2, 0.25) is 0 Å². The number of nitrogens with one attached hydrogen (secondary N) is 1. The molecule has 3 atom stereocenters. The first-order valence-electron chi connectivity index (χ1n) is 14.3. The number of rotatable bonds is 7. The topological polar surface area (TPSA) is 72.9 Å². The second-order valence-corrected chi connectivity index (χ2v) is 13.2. The van der Waals surface area contributed by atoms with E-state index in [0.717, 1.165) is 41.5 Å². The molecule has 0 amide bonds. The zero-order valence-electron chi connectivity index (χ0n) is 24.5. The Kier molecular flexibility index (Phi) is 9.24. The van der Waals surface area contributed by atoms with Crippen LogP contribution in [0.2, 0.25) is 5.02 Å². The van der Waals surface area contributed by atoms with E-state index in [9.17, 15) is 4.79 Å². The highest BCUT2D eigenvalue weighted by molar-refractivity contribution is 7.14. The molecule has 220 valence electrons. The van der Waals surface area contributed by atoms with Gasteiger partial charge in [0.25, 0.3) is 0 Å². The van der Waals surface area contributed by atoms with Crippen LogP contribution in [0.5, 0.6) is 5.75 Å². The highest BCUT2D eigenvalue weighted by atomic mass is 35.5. The Bertz CT molecular complexity index is 1370. The van der Waals surface area contributed by atoms with Crippen LogP contribution < -0.4 is 15.0 Å². The van der Waals surface area contributed by atoms with E-state index in [2.05, 4.69) is 35.3 Å². The SMILES string of the molecule is CO[C@H]1CN(c2nc(-c3cccc(Cl)c3OCc3ccc4c(c3)CCNC[C@@H]4C)cs2)CC[C@H]1C(=O)OC(C)(C)C. The second kappa shape index (κ2) is 12.7. The van der Waals surface area contributed by atoms with Crippen molar-refractivity contribution in [2.75, 3.05) is 38.2 Å². The third kappa shape index (κ3) is 7.05. The Hall–Kier alpha value is -2.65. The highest BCUT2D eigenvalue weighted by Gasteiger charge is 2.38. The summed E-state index contributed by atoms with van der Waals surface area (Å²) in [7, 11) is 1.65. The third-order valence-corrected chi connectivity index (χ3v) is 8.92. The summed E-state index contributed by atoms with van der Waals surface area (Å²) in [6.45, 7) is 11.6. The lowest BCUT2D eigenvalue weighted by atomic mass is 9.93. The molecule has 41 heavy (non-hydrogen) atoms. The molecule has 9 heteroatoms. The molecule has 0 unspecified atom stereocenters. The van der Waals surface area contributed by atoms with E-state index in [1.807, 2.05) is 44.4 Å². The van der Waals surface area contributed by atoms with E-state index in [1.165, 1.54) is 11.1 Å². The molecule has 0 spiro atoms. The fourth-order valence-corrected chi connectivity index (χ4v) is 6.71. The number of aromatic nitrogens is 1. The maximum atomic E-state index is 12.8. The first-order chi connectivity index (χ1) is 19.6. The summed E-state index contributed by atoms with van der Waals surface area (Å²) < 4.78 is 17.7. The fourth-order valence-electron chi connectivity index (χ4n) is 5.62. The molecule has 7 nitrogen and oxygen atoms in total. The smallest absolute Gasteiger partial charge is 0.312 e. The van der Waals surface area contributed by atoms with Crippen molar-refractivity contribution in [1.82, 2.24) is 10.3 Å². The quantitative estimate of drug-likeness (QED) is 0.313. The van der Waals surface area contributed by atoms with Crippen molar-refractivity contribution >= 4 is 34.0 Å². The molecule has 2 aromatic carbocycles. The van der Waals surface area contributed by atoms with Gasteiger partial charge in [-0.15, -0.1) is 11.3 Å². The first-order valence-corrected chi connectivity index (χ1v) is 15.6. The molecule has 1 N–H and O–H groups in total. The van der Waals surface area contributed by atoms with Crippen molar-refractivity contribution in [3.05, 3.63) is 63.5 Å². The minimum atomic E-state index is -0.525. The fraction of sp³-hybridized carbons (Fsp3) is 0.500. The average Bonchev–Trinajstić information content (AvgIpc) is 3.36. The Labute approximate surface area is 252 Å². The number of halogens is 1. The summed E-state index contributed by atoms with van der Waals surface area (Å²) >= 11 is 8.23. The lowest BCUT2D eigenvalue weighted by molar-refractivity contribution is -0.165. The van der Waals surface area contributed by atoms with Crippen LogP contribution >= 0.6 is 22.9 Å². The van der Waals surface area contributed by atoms with Gasteiger partial charge < -0.3 is 24.4 Å². The van der Waals surface area contributed by atoms with Gasteiger partial charge in [-0.3, -0.25) is 4.79 Å². The van der Waals surface area contributed by atoms with Crippen molar-refractivity contribution in [2.45, 2.75) is 64.8 Å². The van der Waals surface area contributed by atoms with Gasteiger partial charge in [0.15, 0.2) is 5.13 Å². The van der Waals surface area contributed by atoms with Crippen LogP contribution in [-0.2, 0) is 27.3 Å². The van der Waals surface area contributed by atoms with Crippen LogP contribution in [0.3, 0.4) is 0 Å². The molecular weight excluding hydrogens is 558 g/mol. The number of esters is 1. The van der Waals surface area contributed by atoms with Crippen molar-refractivity contribution in [3.63, 3.8) is 0 Å². The molecule has 0 radical (unpaired) electrons. The minimum absolute atomic E-state index is 0.204. The maximum Gasteiger partial charge on any atom is 0.312 e. The molecule has 0 bridgehead atoms. The van der Waals surface area contributed by atoms with E-state index in [4.69, 9.17) is 30.8 Å². The summed E-state index contributed by atoms with van der Waals surface area (Å²) in [5, 5.41) is 6.99. The van der Waals surface area contributed by atoms with Gasteiger partial charge in [-0.1, -0.05) is 42.8 Å². The van der Waals surface area contributed by atoms with Crippen LogP contribution in [0.1, 0.15) is 56.7 Å². The van der Waals surface area contributed by atoms with E-state index < -0.39 is 5.60 Å². The number of ether oxygens (including phenoxy) is 3. The first kappa shape index (κ1) is 29.8. The zero-order chi connectivity index (χ0) is 29.1. The van der Waals surface area contributed by atoms with Crippen LogP contribution in [0, 0.1) is 5.92 Å². The summed E-state index contributed by atoms with van der Waals surface area (Å²) in [5.41, 5.74) is 5.08. The summed E-state index contributed by atoms with van der Waals surface area (Å²) in [4.78, 5) is 19.9. The number of fused-ring (bicyclic) bond motifs is 1. The van der Waals surface area contributed by atoms with Gasteiger partial charge in [-0.05, 0) is 74.9 Å². The van der Waals surface area contributed by atoms with Crippen molar-refractivity contribution in [2.24, 2.45) is 5.92 Å². The number of para-hydroxylation sites is 1. The predicted molar refractivity (Wildman–Crippen MR) is 165 cm³/mol. The predicted octanol–water partition coefficient (Wildman–Crippen LogP) is 6.47. The van der Waals surface area contributed by atoms with Crippen LogP contribution in [0.25, 0.3) is 11.3 Å². The highest BCUT2D eigenvalue weighted by Crippen LogP contribution is 2.39. The normalized spacial score (nSPS) is 21.2. The number of methoxy groups -OCH3 is 1. The van der Waals surface area contributed by atoms with E-state index >= 15 is 0 Å². The lowest BCUT2D eigenvalue weighted by Crippen LogP contribution is -2.49. The van der Waals surface area contributed by atoms with Crippen molar-refractivity contribution < 1.29 is 19.0 Å². The van der Waals surface area contributed by atoms with Crippen LogP contribution in [-0.4, -0.2) is 55.9 Å². The Morgan fingerprint density at radius 3 is 2.85 bits per heavy atom. The number of hydrogen-bond acceptors (Lipinski definition) is 8. The zero-order valence-corrected chi connectivity index (χ0v) is 26.1. The summed E-state index contributed by atoms with van der Waals surface area (Å²) in [6.07, 6.45) is 1.39. The number of benzene rings is 2. The van der Waals surface area contributed by atoms with E-state index in [0.29, 0.717) is 42.8 Å². The Balaban J connectivity index is 1.30. The molecule has 1 aromatic heterocycles. The molecule has 1 fully saturated rings. The van der Waals surface area contributed by atoms with Crippen molar-refractivity contribution in [3.8, 4) is 17.0 Å². The van der Waals surface area contributed by atoms with Crippen LogP contribution in [0.15, 0.2) is 41.8 Å². The van der Waals surface area contributed by atoms with Gasteiger partial charge >= 0.3 is 5.97 Å². The number of anilines is 1. The maximum absolute atomic E-state index is 12.8. The second-order valence-electron chi connectivity index (χ2n) is 12.0. The number of carbonyl (C=O) groups excluding carboxylic acids is 1. The molecule has 1 saturated heterocycles. The average molecular weight is 598 g/mol.